The van der Waals surface area contributed by atoms with Gasteiger partial charge >= 0.3 is 0 Å². The summed E-state index contributed by atoms with van der Waals surface area (Å²) >= 11 is 0. The van der Waals surface area contributed by atoms with Crippen LogP contribution in [0.5, 0.6) is 0 Å². The predicted molar refractivity (Wildman–Crippen MR) is 99.0 cm³/mol. The van der Waals surface area contributed by atoms with Gasteiger partial charge in [-0.1, -0.05) is 32.1 Å². The lowest BCUT2D eigenvalue weighted by atomic mass is 9.81. The van der Waals surface area contributed by atoms with Gasteiger partial charge < -0.3 is 19.7 Å². The lowest BCUT2D eigenvalue weighted by molar-refractivity contribution is -0.140. The lowest BCUT2D eigenvalue weighted by Gasteiger charge is -2.30. The Bertz CT molecular complexity index is 540. The molecule has 1 saturated carbocycles. The van der Waals surface area contributed by atoms with Crippen LogP contribution in [-0.4, -0.2) is 67.6 Å². The number of ketones is 1. The second-order valence-corrected chi connectivity index (χ2v) is 8.10. The molecule has 0 aromatic heterocycles. The van der Waals surface area contributed by atoms with Crippen LogP contribution in [0.1, 0.15) is 51.9 Å². The van der Waals surface area contributed by atoms with Crippen molar-refractivity contribution < 1.29 is 23.9 Å². The first kappa shape index (κ1) is 20.3. The van der Waals surface area contributed by atoms with Gasteiger partial charge in [0, 0.05) is 25.4 Å². The summed E-state index contributed by atoms with van der Waals surface area (Å²) in [5.41, 5.74) is 0. The number of Topliss-reactive ketones (excluding diaryl/α,β-unsaturated/α-hetero) is 1. The van der Waals surface area contributed by atoms with Crippen LogP contribution in [-0.2, 0) is 23.9 Å². The molecule has 1 N–H and O–H groups in total. The smallest absolute Gasteiger partial charge is 0.224 e. The summed E-state index contributed by atoms with van der Waals surface area (Å²) in [5, 5.41) is 2.87. The number of nitrogens with one attached hydrogen (secondary N) is 1. The molecule has 1 unspecified atom stereocenters. The van der Waals surface area contributed by atoms with E-state index in [2.05, 4.69) is 5.32 Å². The van der Waals surface area contributed by atoms with Crippen molar-refractivity contribution in [1.82, 2.24) is 10.2 Å². The zero-order chi connectivity index (χ0) is 19.2. The molecule has 3 rings (SSSR count). The SMILES string of the molecule is CC1OCC(=O)[C@H]1NC(=O)[C@@H](CC(=O)N1CCOCC1)CC1CCCCC1. The summed E-state index contributed by atoms with van der Waals surface area (Å²) in [6.45, 7) is 4.12. The molecule has 1 aliphatic carbocycles. The molecule has 3 atom stereocenters. The largest absolute Gasteiger partial charge is 0.378 e. The van der Waals surface area contributed by atoms with Crippen molar-refractivity contribution in [3.8, 4) is 0 Å². The maximum Gasteiger partial charge on any atom is 0.224 e. The Labute approximate surface area is 161 Å². The van der Waals surface area contributed by atoms with Gasteiger partial charge in [0.2, 0.25) is 11.8 Å². The van der Waals surface area contributed by atoms with Gasteiger partial charge in [-0.2, -0.15) is 0 Å². The van der Waals surface area contributed by atoms with Crippen molar-refractivity contribution in [2.75, 3.05) is 32.9 Å². The quantitative estimate of drug-likeness (QED) is 0.751. The molecule has 7 nitrogen and oxygen atoms in total. The Morgan fingerprint density at radius 2 is 1.89 bits per heavy atom. The van der Waals surface area contributed by atoms with Crippen LogP contribution in [0.15, 0.2) is 0 Å². The third kappa shape index (κ3) is 5.51. The van der Waals surface area contributed by atoms with Crippen molar-refractivity contribution in [1.29, 1.82) is 0 Å². The number of morpholine rings is 1. The van der Waals surface area contributed by atoms with E-state index >= 15 is 0 Å². The Kier molecular flexibility index (Phi) is 7.24. The van der Waals surface area contributed by atoms with E-state index in [1.54, 1.807) is 11.8 Å². The Morgan fingerprint density at radius 1 is 1.19 bits per heavy atom. The van der Waals surface area contributed by atoms with Crippen LogP contribution in [0.25, 0.3) is 0 Å². The average Bonchev–Trinajstić information content (AvgIpc) is 3.01. The number of rotatable bonds is 6. The van der Waals surface area contributed by atoms with Crippen LogP contribution in [0, 0.1) is 11.8 Å². The van der Waals surface area contributed by atoms with Crippen LogP contribution in [0.4, 0.5) is 0 Å². The van der Waals surface area contributed by atoms with Crippen molar-refractivity contribution in [3.05, 3.63) is 0 Å². The number of hydrogen-bond donors (Lipinski definition) is 1. The average molecular weight is 380 g/mol. The first-order valence-corrected chi connectivity index (χ1v) is 10.3. The molecular formula is C20H32N2O5. The van der Waals surface area contributed by atoms with Gasteiger partial charge in [-0.3, -0.25) is 14.4 Å². The molecule has 2 heterocycles. The number of amides is 2. The maximum absolute atomic E-state index is 13.0. The Balaban J connectivity index is 1.63. The van der Waals surface area contributed by atoms with Gasteiger partial charge in [-0.05, 0) is 19.3 Å². The van der Waals surface area contributed by atoms with Crippen LogP contribution >= 0.6 is 0 Å². The van der Waals surface area contributed by atoms with Crippen LogP contribution in [0.2, 0.25) is 0 Å². The molecule has 0 spiro atoms. The lowest BCUT2D eigenvalue weighted by Crippen LogP contribution is -2.48. The van der Waals surface area contributed by atoms with Crippen LogP contribution < -0.4 is 5.32 Å². The van der Waals surface area contributed by atoms with Gasteiger partial charge in [0.05, 0.1) is 19.3 Å². The molecule has 0 bridgehead atoms. The van der Waals surface area contributed by atoms with E-state index in [1.807, 2.05) is 0 Å². The molecule has 152 valence electrons. The molecule has 3 fully saturated rings. The highest BCUT2D eigenvalue weighted by Crippen LogP contribution is 2.31. The van der Waals surface area contributed by atoms with Gasteiger partial charge in [-0.25, -0.2) is 0 Å². The summed E-state index contributed by atoms with van der Waals surface area (Å²) in [7, 11) is 0. The van der Waals surface area contributed by atoms with E-state index in [-0.39, 0.29) is 42.6 Å². The molecule has 0 aromatic rings. The molecule has 0 radical (unpaired) electrons. The summed E-state index contributed by atoms with van der Waals surface area (Å²) in [6.07, 6.45) is 6.51. The van der Waals surface area contributed by atoms with E-state index in [9.17, 15) is 14.4 Å². The maximum atomic E-state index is 13.0. The first-order chi connectivity index (χ1) is 13.0. The normalized spacial score (nSPS) is 28.2. The summed E-state index contributed by atoms with van der Waals surface area (Å²) in [4.78, 5) is 39.4. The predicted octanol–water partition coefficient (Wildman–Crippen LogP) is 1.29. The van der Waals surface area contributed by atoms with E-state index in [1.165, 1.54) is 19.3 Å². The van der Waals surface area contributed by atoms with Gasteiger partial charge in [-0.15, -0.1) is 0 Å². The van der Waals surface area contributed by atoms with E-state index in [0.717, 1.165) is 19.3 Å². The number of ether oxygens (including phenoxy) is 2. The van der Waals surface area contributed by atoms with Gasteiger partial charge in [0.1, 0.15) is 12.6 Å². The van der Waals surface area contributed by atoms with Crippen molar-refractivity contribution in [3.63, 3.8) is 0 Å². The highest BCUT2D eigenvalue weighted by molar-refractivity contribution is 5.93. The Hall–Kier alpha value is -1.47. The standard InChI is InChI=1S/C20H32N2O5/c1-14-19(17(23)13-27-14)21-20(25)16(11-15-5-3-2-4-6-15)12-18(24)22-7-9-26-10-8-22/h14-16,19H,2-13H2,1H3,(H,21,25)/t14?,16-,19+/m1/s1. The monoisotopic (exact) mass is 380 g/mol. The minimum Gasteiger partial charge on any atom is -0.378 e. The second kappa shape index (κ2) is 9.64. The fraction of sp³-hybridized carbons (Fsp3) is 0.850. The molecule has 7 heteroatoms. The minimum absolute atomic E-state index is 0.0105. The molecule has 2 aliphatic heterocycles. The van der Waals surface area contributed by atoms with E-state index in [0.29, 0.717) is 32.2 Å². The first-order valence-electron chi connectivity index (χ1n) is 10.3. The van der Waals surface area contributed by atoms with Crippen molar-refractivity contribution in [2.24, 2.45) is 11.8 Å². The van der Waals surface area contributed by atoms with Crippen molar-refractivity contribution in [2.45, 2.75) is 64.0 Å². The fourth-order valence-corrected chi connectivity index (χ4v) is 4.39. The van der Waals surface area contributed by atoms with Crippen LogP contribution in [0.3, 0.4) is 0 Å². The zero-order valence-corrected chi connectivity index (χ0v) is 16.3. The molecule has 3 aliphatic rings. The van der Waals surface area contributed by atoms with Gasteiger partial charge in [0.25, 0.3) is 0 Å². The second-order valence-electron chi connectivity index (χ2n) is 8.10. The fourth-order valence-electron chi connectivity index (χ4n) is 4.39. The van der Waals surface area contributed by atoms with Crippen molar-refractivity contribution >= 4 is 17.6 Å². The van der Waals surface area contributed by atoms with E-state index < -0.39 is 6.04 Å². The topological polar surface area (TPSA) is 84.9 Å². The van der Waals surface area contributed by atoms with Gasteiger partial charge in [0.15, 0.2) is 5.78 Å². The third-order valence-electron chi connectivity index (χ3n) is 6.10. The highest BCUT2D eigenvalue weighted by Gasteiger charge is 2.36. The third-order valence-corrected chi connectivity index (χ3v) is 6.10. The summed E-state index contributed by atoms with van der Waals surface area (Å²) < 4.78 is 10.6. The minimum atomic E-state index is -0.593. The van der Waals surface area contributed by atoms with E-state index in [4.69, 9.17) is 9.47 Å². The summed E-state index contributed by atoms with van der Waals surface area (Å²) in [6, 6.07) is -0.593. The highest BCUT2D eigenvalue weighted by atomic mass is 16.5. The molecule has 2 saturated heterocycles. The molecule has 0 aromatic carbocycles. The number of carbonyl (C=O) groups is 3. The summed E-state index contributed by atoms with van der Waals surface area (Å²) in [5.74, 6) is -0.162. The number of carbonyl (C=O) groups excluding carboxylic acids is 3. The number of nitrogens with zero attached hydrogens (tertiary/aromatic N) is 1. The Morgan fingerprint density at radius 3 is 2.52 bits per heavy atom. The zero-order valence-electron chi connectivity index (χ0n) is 16.3. The molecular weight excluding hydrogens is 348 g/mol. The number of hydrogen-bond acceptors (Lipinski definition) is 5. The molecule has 27 heavy (non-hydrogen) atoms. The molecule has 2 amide bonds.